The van der Waals surface area contributed by atoms with E-state index in [1.807, 2.05) is 30.3 Å². The minimum Gasteiger partial charge on any atom is -0.438 e. The third-order valence-electron chi connectivity index (χ3n) is 1.91. The van der Waals surface area contributed by atoms with Gasteiger partial charge in [0.15, 0.2) is 17.9 Å². The maximum Gasteiger partial charge on any atom is 0.195 e. The monoisotopic (exact) mass is 187 g/mol. The van der Waals surface area contributed by atoms with Crippen molar-refractivity contribution in [2.75, 3.05) is 0 Å². The quantitative estimate of drug-likeness (QED) is 0.678. The van der Waals surface area contributed by atoms with Crippen LogP contribution < -0.4 is 0 Å². The van der Waals surface area contributed by atoms with E-state index in [1.54, 1.807) is 6.92 Å². The molecule has 1 heterocycles. The standard InChI is InChI=1S/C11H9NO2/c1-8-12-11(10(7-13)14-8)9-5-3-2-4-6-9/h2-7H,1H3. The van der Waals surface area contributed by atoms with E-state index in [1.165, 1.54) is 0 Å². The van der Waals surface area contributed by atoms with Crippen molar-refractivity contribution in [3.63, 3.8) is 0 Å². The molecule has 2 rings (SSSR count). The summed E-state index contributed by atoms with van der Waals surface area (Å²) in [6.45, 7) is 1.72. The normalized spacial score (nSPS) is 10.1. The molecule has 1 aromatic heterocycles. The first-order valence-corrected chi connectivity index (χ1v) is 4.29. The summed E-state index contributed by atoms with van der Waals surface area (Å²) in [5.41, 5.74) is 1.50. The Kier molecular flexibility index (Phi) is 2.14. The molecule has 1 aromatic carbocycles. The Bertz CT molecular complexity index is 446. The third-order valence-corrected chi connectivity index (χ3v) is 1.91. The molecule has 0 N–H and O–H groups in total. The second kappa shape index (κ2) is 3.46. The number of benzene rings is 1. The highest BCUT2D eigenvalue weighted by molar-refractivity contribution is 5.82. The number of nitrogens with zero attached hydrogens (tertiary/aromatic N) is 1. The molecule has 0 saturated carbocycles. The minimum absolute atomic E-state index is 0.286. The van der Waals surface area contributed by atoms with E-state index in [-0.39, 0.29) is 5.76 Å². The maximum absolute atomic E-state index is 10.7. The molecule has 0 spiro atoms. The van der Waals surface area contributed by atoms with Gasteiger partial charge in [0.05, 0.1) is 0 Å². The summed E-state index contributed by atoms with van der Waals surface area (Å²) in [6.07, 6.45) is 0.683. The number of hydrogen-bond acceptors (Lipinski definition) is 3. The van der Waals surface area contributed by atoms with Crippen LogP contribution in [0.25, 0.3) is 11.3 Å². The number of hydrogen-bond donors (Lipinski definition) is 0. The summed E-state index contributed by atoms with van der Waals surface area (Å²) in [4.78, 5) is 14.8. The van der Waals surface area contributed by atoms with Crippen LogP contribution in [0.3, 0.4) is 0 Å². The Labute approximate surface area is 81.4 Å². The van der Waals surface area contributed by atoms with E-state index in [9.17, 15) is 4.79 Å². The van der Waals surface area contributed by atoms with Crippen LogP contribution in [0.2, 0.25) is 0 Å². The van der Waals surface area contributed by atoms with E-state index in [0.29, 0.717) is 17.9 Å². The zero-order valence-electron chi connectivity index (χ0n) is 7.73. The van der Waals surface area contributed by atoms with E-state index in [2.05, 4.69) is 4.98 Å². The molecule has 0 fully saturated rings. The lowest BCUT2D eigenvalue weighted by Gasteiger charge is -1.94. The van der Waals surface area contributed by atoms with Crippen LogP contribution in [-0.4, -0.2) is 11.3 Å². The predicted molar refractivity (Wildman–Crippen MR) is 52.1 cm³/mol. The van der Waals surface area contributed by atoms with Gasteiger partial charge in [-0.3, -0.25) is 4.79 Å². The van der Waals surface area contributed by atoms with Gasteiger partial charge >= 0.3 is 0 Å². The summed E-state index contributed by atoms with van der Waals surface area (Å²) < 4.78 is 5.14. The van der Waals surface area contributed by atoms with Crippen molar-refractivity contribution < 1.29 is 9.21 Å². The molecule has 0 aliphatic rings. The zero-order chi connectivity index (χ0) is 9.97. The molecule has 0 aliphatic carbocycles. The van der Waals surface area contributed by atoms with Crippen molar-refractivity contribution in [3.8, 4) is 11.3 Å². The first kappa shape index (κ1) is 8.69. The molecule has 0 bridgehead atoms. The molecule has 0 unspecified atom stereocenters. The van der Waals surface area contributed by atoms with E-state index in [0.717, 1.165) is 5.56 Å². The minimum atomic E-state index is 0.286. The first-order valence-electron chi connectivity index (χ1n) is 4.29. The molecule has 0 atom stereocenters. The van der Waals surface area contributed by atoms with Gasteiger partial charge < -0.3 is 4.42 Å². The molecule has 0 aliphatic heterocycles. The van der Waals surface area contributed by atoms with Crippen LogP contribution in [0.4, 0.5) is 0 Å². The SMILES string of the molecule is Cc1nc(-c2ccccc2)c(C=O)o1. The zero-order valence-corrected chi connectivity index (χ0v) is 7.73. The lowest BCUT2D eigenvalue weighted by molar-refractivity contribution is 0.110. The van der Waals surface area contributed by atoms with Gasteiger partial charge in [0.2, 0.25) is 0 Å². The van der Waals surface area contributed by atoms with Crippen molar-refractivity contribution in [2.24, 2.45) is 0 Å². The van der Waals surface area contributed by atoms with Gasteiger partial charge in [0, 0.05) is 12.5 Å². The molecule has 0 amide bonds. The fourth-order valence-electron chi connectivity index (χ4n) is 1.33. The lowest BCUT2D eigenvalue weighted by Crippen LogP contribution is -1.82. The molecule has 0 saturated heterocycles. The van der Waals surface area contributed by atoms with Gasteiger partial charge in [-0.2, -0.15) is 0 Å². The second-order valence-electron chi connectivity index (χ2n) is 2.93. The average molecular weight is 187 g/mol. The van der Waals surface area contributed by atoms with Gasteiger partial charge in [-0.15, -0.1) is 0 Å². The fraction of sp³-hybridized carbons (Fsp3) is 0.0909. The van der Waals surface area contributed by atoms with Gasteiger partial charge in [0.25, 0.3) is 0 Å². The maximum atomic E-state index is 10.7. The van der Waals surface area contributed by atoms with Crippen molar-refractivity contribution in [3.05, 3.63) is 42.0 Å². The lowest BCUT2D eigenvalue weighted by atomic mass is 10.1. The molecule has 70 valence electrons. The van der Waals surface area contributed by atoms with Crippen LogP contribution in [0.5, 0.6) is 0 Å². The third kappa shape index (κ3) is 1.44. The fourth-order valence-corrected chi connectivity index (χ4v) is 1.33. The van der Waals surface area contributed by atoms with Crippen molar-refractivity contribution in [1.82, 2.24) is 4.98 Å². The first-order chi connectivity index (χ1) is 6.81. The van der Waals surface area contributed by atoms with Crippen LogP contribution in [0.15, 0.2) is 34.7 Å². The van der Waals surface area contributed by atoms with E-state index in [4.69, 9.17) is 4.42 Å². The number of aryl methyl sites for hydroxylation is 1. The summed E-state index contributed by atoms with van der Waals surface area (Å²) >= 11 is 0. The number of aromatic nitrogens is 1. The van der Waals surface area contributed by atoms with Crippen molar-refractivity contribution in [2.45, 2.75) is 6.92 Å². The number of carbonyl (C=O) groups excluding carboxylic acids is 1. The summed E-state index contributed by atoms with van der Waals surface area (Å²) in [5.74, 6) is 0.791. The Morgan fingerprint density at radius 2 is 2.00 bits per heavy atom. The number of carbonyl (C=O) groups is 1. The van der Waals surface area contributed by atoms with Crippen LogP contribution in [-0.2, 0) is 0 Å². The number of aldehydes is 1. The Morgan fingerprint density at radius 1 is 1.29 bits per heavy atom. The van der Waals surface area contributed by atoms with Crippen LogP contribution >= 0.6 is 0 Å². The Morgan fingerprint density at radius 3 is 2.64 bits per heavy atom. The highest BCUT2D eigenvalue weighted by Gasteiger charge is 2.11. The van der Waals surface area contributed by atoms with Crippen LogP contribution in [0, 0.1) is 6.92 Å². The second-order valence-corrected chi connectivity index (χ2v) is 2.93. The van der Waals surface area contributed by atoms with Gasteiger partial charge in [-0.05, 0) is 0 Å². The Hall–Kier alpha value is -1.90. The summed E-state index contributed by atoms with van der Waals surface area (Å²) in [6, 6.07) is 9.49. The number of oxazole rings is 1. The number of rotatable bonds is 2. The van der Waals surface area contributed by atoms with E-state index < -0.39 is 0 Å². The largest absolute Gasteiger partial charge is 0.438 e. The molecular formula is C11H9NO2. The summed E-state index contributed by atoms with van der Waals surface area (Å²) in [5, 5.41) is 0. The Balaban J connectivity index is 2.56. The van der Waals surface area contributed by atoms with Crippen LogP contribution in [0.1, 0.15) is 16.4 Å². The van der Waals surface area contributed by atoms with Crippen molar-refractivity contribution in [1.29, 1.82) is 0 Å². The molecule has 14 heavy (non-hydrogen) atoms. The van der Waals surface area contributed by atoms with Gasteiger partial charge in [-0.1, -0.05) is 30.3 Å². The van der Waals surface area contributed by atoms with Crippen molar-refractivity contribution >= 4 is 6.29 Å². The topological polar surface area (TPSA) is 43.1 Å². The molecule has 2 aromatic rings. The predicted octanol–water partition coefficient (Wildman–Crippen LogP) is 2.46. The molecule has 3 heteroatoms. The molecular weight excluding hydrogens is 178 g/mol. The molecule has 0 radical (unpaired) electrons. The van der Waals surface area contributed by atoms with Gasteiger partial charge in [-0.25, -0.2) is 4.98 Å². The molecule has 3 nitrogen and oxygen atoms in total. The van der Waals surface area contributed by atoms with Gasteiger partial charge in [0.1, 0.15) is 5.69 Å². The summed E-state index contributed by atoms with van der Waals surface area (Å²) in [7, 11) is 0. The highest BCUT2D eigenvalue weighted by atomic mass is 16.4. The smallest absolute Gasteiger partial charge is 0.195 e. The van der Waals surface area contributed by atoms with E-state index >= 15 is 0 Å². The highest BCUT2D eigenvalue weighted by Crippen LogP contribution is 2.21. The average Bonchev–Trinajstić information content (AvgIpc) is 2.61.